The quantitative estimate of drug-likeness (QED) is 0.454. The summed E-state index contributed by atoms with van der Waals surface area (Å²) in [5, 5.41) is 0. The Hall–Kier alpha value is -1.60. The molecule has 0 fully saturated rings. The Morgan fingerprint density at radius 1 is 1.31 bits per heavy atom. The maximum atomic E-state index is 12.7. The molecule has 0 spiro atoms. The van der Waals surface area contributed by atoms with Crippen LogP contribution in [0.4, 0.5) is 26.3 Å². The third kappa shape index (κ3) is 2.31. The summed E-state index contributed by atoms with van der Waals surface area (Å²) in [6, 6.07) is -0.114. The van der Waals surface area contributed by atoms with Gasteiger partial charge in [-0.05, 0) is 6.07 Å². The fourth-order valence-corrected chi connectivity index (χ4v) is 0.987. The maximum absolute atomic E-state index is 12.7. The summed E-state index contributed by atoms with van der Waals surface area (Å²) in [6.45, 7) is 0. The minimum Gasteiger partial charge on any atom is -0.296 e. The predicted molar refractivity (Wildman–Crippen MR) is 39.5 cm³/mol. The highest BCUT2D eigenvalue weighted by Gasteiger charge is 2.36. The van der Waals surface area contributed by atoms with Crippen LogP contribution in [0.1, 0.15) is 28.0 Å². The van der Waals surface area contributed by atoms with Gasteiger partial charge in [-0.3, -0.25) is 4.79 Å². The molecule has 16 heavy (non-hydrogen) atoms. The Kier molecular flexibility index (Phi) is 3.20. The fraction of sp³-hybridized carbons (Fsp3) is 0.250. The van der Waals surface area contributed by atoms with Crippen molar-refractivity contribution in [2.24, 2.45) is 0 Å². The van der Waals surface area contributed by atoms with E-state index in [2.05, 4.69) is 4.98 Å². The van der Waals surface area contributed by atoms with Crippen LogP contribution < -0.4 is 0 Å². The molecule has 8 heteroatoms. The Balaban J connectivity index is 3.45. The van der Waals surface area contributed by atoms with Gasteiger partial charge < -0.3 is 0 Å². The van der Waals surface area contributed by atoms with Crippen LogP contribution in [0.15, 0.2) is 6.07 Å². The molecule has 0 saturated carbocycles. The van der Waals surface area contributed by atoms with E-state index in [4.69, 9.17) is 0 Å². The Labute approximate surface area is 84.9 Å². The molecule has 0 amide bonds. The van der Waals surface area contributed by atoms with Gasteiger partial charge in [-0.2, -0.15) is 17.6 Å². The molecule has 1 heterocycles. The van der Waals surface area contributed by atoms with E-state index in [-0.39, 0.29) is 12.4 Å². The van der Waals surface area contributed by atoms with Gasteiger partial charge in [-0.25, -0.2) is 13.8 Å². The lowest BCUT2D eigenvalue weighted by Gasteiger charge is -2.10. The van der Waals surface area contributed by atoms with E-state index < -0.39 is 35.4 Å². The zero-order valence-corrected chi connectivity index (χ0v) is 7.36. The number of rotatable bonds is 2. The van der Waals surface area contributed by atoms with Crippen LogP contribution in [-0.4, -0.2) is 11.3 Å². The maximum Gasteiger partial charge on any atom is 0.420 e. The molecule has 0 aliphatic rings. The molecule has 0 bridgehead atoms. The van der Waals surface area contributed by atoms with Gasteiger partial charge in [0.05, 0.1) is 0 Å². The lowest BCUT2D eigenvalue weighted by molar-refractivity contribution is -0.140. The van der Waals surface area contributed by atoms with E-state index in [1.165, 1.54) is 0 Å². The third-order valence-electron chi connectivity index (χ3n) is 1.69. The van der Waals surface area contributed by atoms with Crippen LogP contribution in [0.25, 0.3) is 0 Å². The zero-order valence-electron chi connectivity index (χ0n) is 7.36. The summed E-state index contributed by atoms with van der Waals surface area (Å²) in [5.74, 6) is -2.00. The molecule has 0 N–H and O–H groups in total. The summed E-state index contributed by atoms with van der Waals surface area (Å²) >= 11 is 0. The van der Waals surface area contributed by atoms with Gasteiger partial charge in [0.2, 0.25) is 5.95 Å². The van der Waals surface area contributed by atoms with Crippen molar-refractivity contribution >= 4 is 6.29 Å². The summed E-state index contributed by atoms with van der Waals surface area (Å²) in [6.07, 6.45) is -8.71. The van der Waals surface area contributed by atoms with E-state index in [1.807, 2.05) is 0 Å². The van der Waals surface area contributed by atoms with Gasteiger partial charge >= 0.3 is 6.18 Å². The smallest absolute Gasteiger partial charge is 0.296 e. The molecular formula is C8H3F6NO. The highest BCUT2D eigenvalue weighted by atomic mass is 19.4. The lowest BCUT2D eigenvalue weighted by atomic mass is 10.1. The Morgan fingerprint density at radius 2 is 1.88 bits per heavy atom. The minimum atomic E-state index is -5.14. The molecule has 1 aromatic rings. The van der Waals surface area contributed by atoms with Gasteiger partial charge in [0, 0.05) is 5.56 Å². The van der Waals surface area contributed by atoms with E-state index in [1.54, 1.807) is 0 Å². The number of alkyl halides is 5. The number of carbonyl (C=O) groups is 1. The molecule has 0 atom stereocenters. The zero-order chi connectivity index (χ0) is 12.5. The summed E-state index contributed by atoms with van der Waals surface area (Å²) in [7, 11) is 0. The first-order valence-corrected chi connectivity index (χ1v) is 3.78. The van der Waals surface area contributed by atoms with Crippen molar-refractivity contribution in [1.82, 2.24) is 4.98 Å². The van der Waals surface area contributed by atoms with Crippen molar-refractivity contribution in [2.45, 2.75) is 12.6 Å². The van der Waals surface area contributed by atoms with Crippen molar-refractivity contribution in [1.29, 1.82) is 0 Å². The standard InChI is InChI=1S/C8H3F6NO/c9-6(10)3-1-4(8(12,13)14)7(11)15-5(3)2-16/h1-2,6H. The van der Waals surface area contributed by atoms with Crippen LogP contribution in [-0.2, 0) is 6.18 Å². The number of halogens is 6. The molecule has 0 radical (unpaired) electrons. The average Bonchev–Trinajstić information content (AvgIpc) is 2.14. The van der Waals surface area contributed by atoms with Crippen LogP contribution in [0.2, 0.25) is 0 Å². The van der Waals surface area contributed by atoms with Gasteiger partial charge in [0.15, 0.2) is 6.29 Å². The predicted octanol–water partition coefficient (Wildman–Crippen LogP) is 2.99. The van der Waals surface area contributed by atoms with Crippen LogP contribution in [0.5, 0.6) is 0 Å². The van der Waals surface area contributed by atoms with E-state index >= 15 is 0 Å². The van der Waals surface area contributed by atoms with Crippen LogP contribution in [0, 0.1) is 5.95 Å². The van der Waals surface area contributed by atoms with E-state index in [0.717, 1.165) is 0 Å². The highest BCUT2D eigenvalue weighted by Crippen LogP contribution is 2.33. The third-order valence-corrected chi connectivity index (χ3v) is 1.69. The molecule has 0 saturated heterocycles. The van der Waals surface area contributed by atoms with Crippen LogP contribution >= 0.6 is 0 Å². The molecule has 2 nitrogen and oxygen atoms in total. The average molecular weight is 243 g/mol. The molecule has 88 valence electrons. The fourth-order valence-electron chi connectivity index (χ4n) is 0.987. The first-order chi connectivity index (χ1) is 7.27. The molecule has 0 aromatic carbocycles. The molecule has 0 unspecified atom stereocenters. The van der Waals surface area contributed by atoms with E-state index in [0.29, 0.717) is 0 Å². The largest absolute Gasteiger partial charge is 0.420 e. The number of carbonyl (C=O) groups excluding carboxylic acids is 1. The number of aldehydes is 1. The lowest BCUT2D eigenvalue weighted by Crippen LogP contribution is -2.13. The minimum absolute atomic E-state index is 0.114. The molecule has 1 aromatic heterocycles. The van der Waals surface area contributed by atoms with Crippen molar-refractivity contribution in [3.8, 4) is 0 Å². The Bertz CT molecular complexity index is 414. The van der Waals surface area contributed by atoms with Gasteiger partial charge in [-0.15, -0.1) is 0 Å². The second-order valence-corrected chi connectivity index (χ2v) is 2.72. The number of hydrogen-bond acceptors (Lipinski definition) is 2. The van der Waals surface area contributed by atoms with Gasteiger partial charge in [-0.1, -0.05) is 0 Å². The number of aromatic nitrogens is 1. The highest BCUT2D eigenvalue weighted by molar-refractivity contribution is 5.74. The van der Waals surface area contributed by atoms with Crippen molar-refractivity contribution in [3.63, 3.8) is 0 Å². The monoisotopic (exact) mass is 243 g/mol. The molecular weight excluding hydrogens is 240 g/mol. The Morgan fingerprint density at radius 3 is 2.25 bits per heavy atom. The van der Waals surface area contributed by atoms with E-state index in [9.17, 15) is 31.1 Å². The normalized spacial score (nSPS) is 11.9. The first-order valence-electron chi connectivity index (χ1n) is 3.78. The summed E-state index contributed by atoms with van der Waals surface area (Å²) in [5.41, 5.74) is -4.21. The molecule has 1 rings (SSSR count). The molecule has 0 aliphatic carbocycles. The number of pyridine rings is 1. The second-order valence-electron chi connectivity index (χ2n) is 2.72. The van der Waals surface area contributed by atoms with Crippen molar-refractivity contribution in [3.05, 3.63) is 28.8 Å². The van der Waals surface area contributed by atoms with Crippen molar-refractivity contribution < 1.29 is 31.1 Å². The van der Waals surface area contributed by atoms with Crippen molar-refractivity contribution in [2.75, 3.05) is 0 Å². The van der Waals surface area contributed by atoms with Crippen LogP contribution in [0.3, 0.4) is 0 Å². The first kappa shape index (κ1) is 12.5. The van der Waals surface area contributed by atoms with Gasteiger partial charge in [0.25, 0.3) is 6.43 Å². The SMILES string of the molecule is O=Cc1nc(F)c(C(F)(F)F)cc1C(F)F. The summed E-state index contributed by atoms with van der Waals surface area (Å²) < 4.78 is 73.5. The second kappa shape index (κ2) is 4.11. The molecule has 0 aliphatic heterocycles. The number of nitrogens with zero attached hydrogens (tertiary/aromatic N) is 1. The summed E-state index contributed by atoms with van der Waals surface area (Å²) in [4.78, 5) is 12.7. The topological polar surface area (TPSA) is 30.0 Å². The van der Waals surface area contributed by atoms with Gasteiger partial charge in [0.1, 0.15) is 11.3 Å². The number of hydrogen-bond donors (Lipinski definition) is 0.